The van der Waals surface area contributed by atoms with E-state index in [1.807, 2.05) is 4.90 Å². The Hall–Kier alpha value is -2.31. The number of nitrogens with one attached hydrogen (secondary N) is 1. The molecule has 2 amide bonds. The van der Waals surface area contributed by atoms with E-state index in [-0.39, 0.29) is 5.56 Å². The fourth-order valence-electron chi connectivity index (χ4n) is 2.18. The maximum atomic E-state index is 13.9. The molecule has 0 saturated carbocycles. The predicted molar refractivity (Wildman–Crippen MR) is 71.6 cm³/mol. The first-order chi connectivity index (χ1) is 9.52. The van der Waals surface area contributed by atoms with Gasteiger partial charge in [-0.3, -0.25) is 4.79 Å². The molecule has 1 aliphatic rings. The topological polar surface area (TPSA) is 72.9 Å². The average molecular weight is 281 g/mol. The number of carbonyl (C=O) groups is 2. The smallest absolute Gasteiger partial charge is 0.407 e. The molecular weight excluding hydrogens is 265 g/mol. The van der Waals surface area contributed by atoms with Crippen LogP contribution in [0.4, 0.5) is 14.9 Å². The minimum absolute atomic E-state index is 0.000391. The number of carboxylic acid groups (broad SMARTS) is 1. The molecule has 1 saturated heterocycles. The zero-order valence-corrected chi connectivity index (χ0v) is 11.1. The van der Waals surface area contributed by atoms with Gasteiger partial charge in [0.25, 0.3) is 5.91 Å². The van der Waals surface area contributed by atoms with E-state index in [2.05, 4.69) is 5.32 Å². The van der Waals surface area contributed by atoms with Gasteiger partial charge in [0, 0.05) is 38.9 Å². The molecule has 0 atom stereocenters. The van der Waals surface area contributed by atoms with E-state index in [4.69, 9.17) is 5.11 Å². The third-order valence-corrected chi connectivity index (χ3v) is 3.34. The molecule has 1 heterocycles. The van der Waals surface area contributed by atoms with E-state index >= 15 is 0 Å². The molecule has 0 aliphatic carbocycles. The lowest BCUT2D eigenvalue weighted by atomic mass is 10.1. The molecule has 1 aromatic carbocycles. The van der Waals surface area contributed by atoms with Gasteiger partial charge < -0.3 is 20.2 Å². The van der Waals surface area contributed by atoms with E-state index in [9.17, 15) is 14.0 Å². The van der Waals surface area contributed by atoms with Crippen molar-refractivity contribution in [3.8, 4) is 0 Å². The molecule has 0 unspecified atom stereocenters. The highest BCUT2D eigenvalue weighted by Crippen LogP contribution is 2.20. The van der Waals surface area contributed by atoms with Gasteiger partial charge in [0.05, 0.1) is 5.56 Å². The van der Waals surface area contributed by atoms with Gasteiger partial charge in [-0.15, -0.1) is 0 Å². The Morgan fingerprint density at radius 3 is 2.40 bits per heavy atom. The van der Waals surface area contributed by atoms with Crippen LogP contribution in [0.25, 0.3) is 0 Å². The second-order valence-corrected chi connectivity index (χ2v) is 4.50. The summed E-state index contributed by atoms with van der Waals surface area (Å²) in [7, 11) is 1.45. The van der Waals surface area contributed by atoms with Crippen molar-refractivity contribution >= 4 is 17.7 Å². The summed E-state index contributed by atoms with van der Waals surface area (Å²) in [5.41, 5.74) is 0.653. The van der Waals surface area contributed by atoms with Crippen LogP contribution in [0, 0.1) is 5.82 Å². The van der Waals surface area contributed by atoms with Gasteiger partial charge in [-0.25, -0.2) is 9.18 Å². The fraction of sp³-hybridized carbons (Fsp3) is 0.385. The fourth-order valence-corrected chi connectivity index (χ4v) is 2.18. The maximum Gasteiger partial charge on any atom is 0.407 e. The summed E-state index contributed by atoms with van der Waals surface area (Å²) in [6.07, 6.45) is -0.939. The monoisotopic (exact) mass is 281 g/mol. The third-order valence-electron chi connectivity index (χ3n) is 3.34. The molecule has 1 aromatic rings. The second-order valence-electron chi connectivity index (χ2n) is 4.50. The highest BCUT2D eigenvalue weighted by atomic mass is 19.1. The van der Waals surface area contributed by atoms with Crippen molar-refractivity contribution in [2.45, 2.75) is 0 Å². The Kier molecular flexibility index (Phi) is 4.07. The molecular formula is C13H16FN3O3. The van der Waals surface area contributed by atoms with Crippen molar-refractivity contribution in [3.63, 3.8) is 0 Å². The van der Waals surface area contributed by atoms with Gasteiger partial charge in [0.2, 0.25) is 0 Å². The summed E-state index contributed by atoms with van der Waals surface area (Å²) in [6.45, 7) is 1.78. The van der Waals surface area contributed by atoms with Crippen LogP contribution < -0.4 is 10.2 Å². The number of halogens is 1. The summed E-state index contributed by atoms with van der Waals surface area (Å²) in [4.78, 5) is 25.4. The Labute approximate surface area is 115 Å². The molecule has 0 bridgehead atoms. The van der Waals surface area contributed by atoms with Crippen molar-refractivity contribution in [3.05, 3.63) is 29.6 Å². The minimum atomic E-state index is -0.939. The quantitative estimate of drug-likeness (QED) is 0.847. The van der Waals surface area contributed by atoms with Crippen LogP contribution in [0.2, 0.25) is 0 Å². The molecule has 6 nitrogen and oxygen atoms in total. The number of benzene rings is 1. The summed E-state index contributed by atoms with van der Waals surface area (Å²) >= 11 is 0. The number of hydrogen-bond donors (Lipinski definition) is 2. The van der Waals surface area contributed by atoms with Crippen molar-refractivity contribution in [1.82, 2.24) is 10.2 Å². The first-order valence-electron chi connectivity index (χ1n) is 6.27. The van der Waals surface area contributed by atoms with Gasteiger partial charge in [0.1, 0.15) is 5.82 Å². The molecule has 1 aliphatic heterocycles. The third kappa shape index (κ3) is 2.81. The zero-order chi connectivity index (χ0) is 14.7. The summed E-state index contributed by atoms with van der Waals surface area (Å²) in [6, 6.07) is 4.41. The van der Waals surface area contributed by atoms with Crippen LogP contribution >= 0.6 is 0 Å². The molecule has 7 heteroatoms. The van der Waals surface area contributed by atoms with Crippen molar-refractivity contribution in [1.29, 1.82) is 0 Å². The lowest BCUT2D eigenvalue weighted by molar-refractivity contribution is 0.0959. The molecule has 2 rings (SSSR count). The van der Waals surface area contributed by atoms with Crippen molar-refractivity contribution in [2.24, 2.45) is 0 Å². The lowest BCUT2D eigenvalue weighted by Gasteiger charge is -2.34. The van der Waals surface area contributed by atoms with E-state index in [0.717, 1.165) is 0 Å². The molecule has 0 spiro atoms. The zero-order valence-electron chi connectivity index (χ0n) is 11.1. The Morgan fingerprint density at radius 2 is 1.90 bits per heavy atom. The Morgan fingerprint density at radius 1 is 1.25 bits per heavy atom. The molecule has 1 fully saturated rings. The number of nitrogens with zero attached hydrogens (tertiary/aromatic N) is 2. The molecule has 0 radical (unpaired) electrons. The summed E-state index contributed by atoms with van der Waals surface area (Å²) in [5.74, 6) is -1.05. The molecule has 0 aromatic heterocycles. The Bertz CT molecular complexity index is 528. The number of anilines is 1. The van der Waals surface area contributed by atoms with E-state index < -0.39 is 17.8 Å². The van der Waals surface area contributed by atoms with Gasteiger partial charge in [-0.2, -0.15) is 0 Å². The number of hydrogen-bond acceptors (Lipinski definition) is 3. The first kappa shape index (κ1) is 14.1. The van der Waals surface area contributed by atoms with Crippen LogP contribution in [0.5, 0.6) is 0 Å². The molecule has 108 valence electrons. The molecule has 20 heavy (non-hydrogen) atoms. The Balaban J connectivity index is 2.09. The standard InChI is InChI=1S/C13H16FN3O3/c1-15-12(18)10-3-2-9(8-11(10)14)16-4-6-17(7-5-16)13(19)20/h2-3,8H,4-7H2,1H3,(H,15,18)(H,19,20). The number of piperazine rings is 1. The second kappa shape index (κ2) is 5.77. The van der Waals surface area contributed by atoms with Crippen LogP contribution in [-0.2, 0) is 0 Å². The van der Waals surface area contributed by atoms with Gasteiger partial charge in [-0.05, 0) is 18.2 Å². The lowest BCUT2D eigenvalue weighted by Crippen LogP contribution is -2.48. The average Bonchev–Trinajstić information content (AvgIpc) is 2.46. The first-order valence-corrected chi connectivity index (χ1v) is 6.27. The van der Waals surface area contributed by atoms with Gasteiger partial charge in [0.15, 0.2) is 0 Å². The highest BCUT2D eigenvalue weighted by Gasteiger charge is 2.21. The van der Waals surface area contributed by atoms with Gasteiger partial charge >= 0.3 is 6.09 Å². The maximum absolute atomic E-state index is 13.9. The van der Waals surface area contributed by atoms with Gasteiger partial charge in [-0.1, -0.05) is 0 Å². The SMILES string of the molecule is CNC(=O)c1ccc(N2CCN(C(=O)O)CC2)cc1F. The van der Waals surface area contributed by atoms with Crippen molar-refractivity contribution < 1.29 is 19.1 Å². The van der Waals surface area contributed by atoms with Crippen LogP contribution in [-0.4, -0.2) is 55.2 Å². The van der Waals surface area contributed by atoms with E-state index in [1.54, 1.807) is 6.07 Å². The predicted octanol–water partition coefficient (Wildman–Crippen LogP) is 0.985. The van der Waals surface area contributed by atoms with Crippen LogP contribution in [0.1, 0.15) is 10.4 Å². The summed E-state index contributed by atoms with van der Waals surface area (Å²) < 4.78 is 13.9. The molecule has 2 N–H and O–H groups in total. The summed E-state index contributed by atoms with van der Waals surface area (Å²) in [5, 5.41) is 11.2. The number of amides is 2. The van der Waals surface area contributed by atoms with E-state index in [0.29, 0.717) is 31.9 Å². The number of rotatable bonds is 2. The van der Waals surface area contributed by atoms with Crippen molar-refractivity contribution in [2.75, 3.05) is 38.1 Å². The van der Waals surface area contributed by atoms with Crippen LogP contribution in [0.15, 0.2) is 18.2 Å². The van der Waals surface area contributed by atoms with E-state index in [1.165, 1.54) is 24.1 Å². The normalized spacial score (nSPS) is 15.1. The largest absolute Gasteiger partial charge is 0.465 e. The minimum Gasteiger partial charge on any atom is -0.465 e. The number of carbonyl (C=O) groups excluding carboxylic acids is 1. The van der Waals surface area contributed by atoms with Crippen LogP contribution in [0.3, 0.4) is 0 Å². The highest BCUT2D eigenvalue weighted by molar-refractivity contribution is 5.94.